The maximum Gasteiger partial charge on any atom is 0.326 e. The summed E-state index contributed by atoms with van der Waals surface area (Å²) in [7, 11) is 1.63. The van der Waals surface area contributed by atoms with Gasteiger partial charge in [-0.25, -0.2) is 9.78 Å². The van der Waals surface area contributed by atoms with Gasteiger partial charge in [0.15, 0.2) is 11.1 Å². The topological polar surface area (TPSA) is 150 Å². The zero-order chi connectivity index (χ0) is 23.7. The van der Waals surface area contributed by atoms with Gasteiger partial charge in [0.25, 0.3) is 5.91 Å². The lowest BCUT2D eigenvalue weighted by atomic mass is 10.3. The van der Waals surface area contributed by atoms with Gasteiger partial charge in [-0.2, -0.15) is 9.61 Å². The monoisotopic (exact) mass is 481 g/mol. The SMILES string of the molecule is COCCCNC(=O)c1ccc(-c2cc(=NC3CC3)n3ncc(=Cc4[nH]c(=O)[nH]c4O)c3n2)s1. The smallest absolute Gasteiger partial charge is 0.326 e. The molecule has 1 saturated carbocycles. The first kappa shape index (κ1) is 22.0. The van der Waals surface area contributed by atoms with Crippen LogP contribution in [0.25, 0.3) is 22.3 Å². The number of aromatic nitrogens is 5. The third-order valence-electron chi connectivity index (χ3n) is 5.27. The second-order valence-corrected chi connectivity index (χ2v) is 9.03. The Bertz CT molecular complexity index is 1530. The molecule has 0 aliphatic heterocycles. The molecule has 4 heterocycles. The van der Waals surface area contributed by atoms with Crippen molar-refractivity contribution in [2.75, 3.05) is 20.3 Å². The van der Waals surface area contributed by atoms with E-state index < -0.39 is 5.69 Å². The lowest BCUT2D eigenvalue weighted by Crippen LogP contribution is -2.24. The Morgan fingerprint density at radius 1 is 1.41 bits per heavy atom. The number of imidazole rings is 1. The summed E-state index contributed by atoms with van der Waals surface area (Å²) in [5.74, 6) is -0.399. The Balaban J connectivity index is 1.55. The third kappa shape index (κ3) is 4.63. The molecule has 0 saturated heterocycles. The van der Waals surface area contributed by atoms with Gasteiger partial charge in [0.2, 0.25) is 5.88 Å². The first-order chi connectivity index (χ1) is 16.5. The predicted molar refractivity (Wildman–Crippen MR) is 126 cm³/mol. The van der Waals surface area contributed by atoms with Crippen LogP contribution in [0.5, 0.6) is 5.88 Å². The van der Waals surface area contributed by atoms with Crippen molar-refractivity contribution in [2.24, 2.45) is 4.99 Å². The first-order valence-corrected chi connectivity index (χ1v) is 11.7. The van der Waals surface area contributed by atoms with E-state index in [4.69, 9.17) is 14.7 Å². The van der Waals surface area contributed by atoms with Gasteiger partial charge >= 0.3 is 5.69 Å². The Hall–Kier alpha value is -3.77. The molecule has 0 spiro atoms. The van der Waals surface area contributed by atoms with Crippen molar-refractivity contribution in [3.05, 3.63) is 56.2 Å². The summed E-state index contributed by atoms with van der Waals surface area (Å²) in [6.07, 6.45) is 6.01. The number of methoxy groups -OCH3 is 1. The molecule has 4 aromatic rings. The van der Waals surface area contributed by atoms with Crippen LogP contribution < -0.4 is 21.7 Å². The van der Waals surface area contributed by atoms with Crippen LogP contribution in [-0.2, 0) is 4.74 Å². The molecule has 0 unspecified atom stereocenters. The fourth-order valence-electron chi connectivity index (χ4n) is 3.43. The van der Waals surface area contributed by atoms with E-state index >= 15 is 0 Å². The largest absolute Gasteiger partial charge is 0.493 e. The van der Waals surface area contributed by atoms with Crippen LogP contribution in [0.4, 0.5) is 0 Å². The van der Waals surface area contributed by atoms with Crippen molar-refractivity contribution in [1.82, 2.24) is 29.9 Å². The van der Waals surface area contributed by atoms with Crippen molar-refractivity contribution in [1.29, 1.82) is 0 Å². The van der Waals surface area contributed by atoms with Crippen LogP contribution in [0.1, 0.15) is 34.6 Å². The molecule has 1 fully saturated rings. The summed E-state index contributed by atoms with van der Waals surface area (Å²) in [6, 6.07) is 5.77. The van der Waals surface area contributed by atoms with Crippen molar-refractivity contribution < 1.29 is 14.6 Å². The number of nitrogens with one attached hydrogen (secondary N) is 3. The van der Waals surface area contributed by atoms with E-state index in [1.54, 1.807) is 30.0 Å². The average molecular weight is 482 g/mol. The van der Waals surface area contributed by atoms with Crippen LogP contribution >= 0.6 is 11.3 Å². The van der Waals surface area contributed by atoms with Crippen LogP contribution in [0, 0.1) is 0 Å². The molecule has 4 N–H and O–H groups in total. The molecule has 176 valence electrons. The van der Waals surface area contributed by atoms with Crippen LogP contribution in [0.15, 0.2) is 34.2 Å². The summed E-state index contributed by atoms with van der Waals surface area (Å²) in [4.78, 5) is 39.8. The molecule has 12 heteroatoms. The van der Waals surface area contributed by atoms with E-state index in [0.29, 0.717) is 40.1 Å². The fraction of sp³-hybridized carbons (Fsp3) is 0.318. The number of amides is 1. The summed E-state index contributed by atoms with van der Waals surface area (Å²) < 4.78 is 6.65. The standard InChI is InChI=1S/C22H23N7O4S/c1-33-8-2-7-23-21(31)17-6-5-16(34-17)14-10-18(25-13-3-4-13)29-19(26-14)12(11-24-29)9-15-20(30)28-22(32)27-15/h5-6,9-11,13,30H,2-4,7-8H2,1H3,(H,23,31)(H2,27,28,32). The van der Waals surface area contributed by atoms with Crippen molar-refractivity contribution in [3.63, 3.8) is 0 Å². The number of aromatic hydroxyl groups is 1. The van der Waals surface area contributed by atoms with E-state index in [9.17, 15) is 14.7 Å². The van der Waals surface area contributed by atoms with Gasteiger partial charge in [0.1, 0.15) is 5.69 Å². The first-order valence-electron chi connectivity index (χ1n) is 10.8. The summed E-state index contributed by atoms with van der Waals surface area (Å²) in [6.45, 7) is 1.13. The molecule has 0 radical (unpaired) electrons. The Morgan fingerprint density at radius 3 is 3.00 bits per heavy atom. The highest BCUT2D eigenvalue weighted by molar-refractivity contribution is 7.17. The Labute approximate surface area is 196 Å². The predicted octanol–water partition coefficient (Wildman–Crippen LogP) is 0.557. The van der Waals surface area contributed by atoms with E-state index in [-0.39, 0.29) is 23.5 Å². The van der Waals surface area contributed by atoms with Gasteiger partial charge in [-0.3, -0.25) is 14.8 Å². The van der Waals surface area contributed by atoms with Crippen LogP contribution in [0.2, 0.25) is 0 Å². The van der Waals surface area contributed by atoms with Gasteiger partial charge in [-0.05, 0) is 37.5 Å². The highest BCUT2D eigenvalue weighted by Gasteiger charge is 2.21. The fourth-order valence-corrected chi connectivity index (χ4v) is 4.31. The third-order valence-corrected chi connectivity index (χ3v) is 6.38. The molecular weight excluding hydrogens is 458 g/mol. The molecule has 11 nitrogen and oxygen atoms in total. The van der Waals surface area contributed by atoms with E-state index in [1.807, 2.05) is 12.1 Å². The second-order valence-electron chi connectivity index (χ2n) is 7.95. The molecular formula is C22H23N7O4S. The minimum atomic E-state index is -0.509. The highest BCUT2D eigenvalue weighted by Crippen LogP contribution is 2.27. The number of carbonyl (C=O) groups excluding carboxylic acids is 1. The Morgan fingerprint density at radius 2 is 2.26 bits per heavy atom. The number of hydrogen-bond donors (Lipinski definition) is 4. The van der Waals surface area contributed by atoms with Crippen molar-refractivity contribution >= 4 is 29.0 Å². The molecule has 0 bridgehead atoms. The molecule has 1 aliphatic rings. The van der Waals surface area contributed by atoms with E-state index in [0.717, 1.165) is 24.1 Å². The zero-order valence-electron chi connectivity index (χ0n) is 18.4. The molecule has 0 aromatic carbocycles. The number of ether oxygens (including phenoxy) is 1. The molecule has 0 atom stereocenters. The van der Waals surface area contributed by atoms with Gasteiger partial charge in [-0.1, -0.05) is 0 Å². The quantitative estimate of drug-likeness (QED) is 0.270. The minimum Gasteiger partial charge on any atom is -0.493 e. The van der Waals surface area contributed by atoms with Gasteiger partial charge in [0.05, 0.1) is 27.7 Å². The normalized spacial score (nSPS) is 14.9. The molecule has 1 amide bonds. The molecule has 5 rings (SSSR count). The Kier molecular flexibility index (Phi) is 5.99. The number of aromatic amines is 2. The number of thiophene rings is 1. The molecule has 34 heavy (non-hydrogen) atoms. The number of H-pyrrole nitrogens is 2. The van der Waals surface area contributed by atoms with Crippen molar-refractivity contribution in [3.8, 4) is 16.5 Å². The average Bonchev–Trinajstić information content (AvgIpc) is 3.19. The minimum absolute atomic E-state index is 0.137. The maximum atomic E-state index is 12.5. The van der Waals surface area contributed by atoms with Crippen molar-refractivity contribution in [2.45, 2.75) is 25.3 Å². The van der Waals surface area contributed by atoms with Gasteiger partial charge in [-0.15, -0.1) is 11.3 Å². The summed E-state index contributed by atoms with van der Waals surface area (Å²) >= 11 is 1.35. The maximum absolute atomic E-state index is 12.5. The van der Waals surface area contributed by atoms with Gasteiger partial charge in [0, 0.05) is 31.5 Å². The number of rotatable bonds is 8. The molecule has 1 aliphatic carbocycles. The van der Waals surface area contributed by atoms with E-state index in [2.05, 4.69) is 20.4 Å². The highest BCUT2D eigenvalue weighted by atomic mass is 32.1. The van der Waals surface area contributed by atoms with E-state index in [1.165, 1.54) is 11.3 Å². The summed E-state index contributed by atoms with van der Waals surface area (Å²) in [5, 5.41) is 17.9. The number of nitrogens with zero attached hydrogens (tertiary/aromatic N) is 4. The lowest BCUT2D eigenvalue weighted by molar-refractivity contribution is 0.0952. The zero-order valence-corrected chi connectivity index (χ0v) is 19.2. The summed E-state index contributed by atoms with van der Waals surface area (Å²) in [5.41, 5.74) is 1.57. The van der Waals surface area contributed by atoms with Crippen LogP contribution in [0.3, 0.4) is 0 Å². The van der Waals surface area contributed by atoms with Crippen LogP contribution in [-0.4, -0.2) is 61.9 Å². The number of hydrogen-bond acceptors (Lipinski definition) is 8. The van der Waals surface area contributed by atoms with Gasteiger partial charge < -0.3 is 20.1 Å². The lowest BCUT2D eigenvalue weighted by Gasteiger charge is -2.03. The number of carbonyl (C=O) groups is 1. The molecule has 4 aromatic heterocycles. The second kappa shape index (κ2) is 9.23. The number of fused-ring (bicyclic) bond motifs is 1.